The summed E-state index contributed by atoms with van der Waals surface area (Å²) in [4.78, 5) is 12.5. The minimum atomic E-state index is -0.410. The van der Waals surface area contributed by atoms with Crippen LogP contribution in [0.25, 0.3) is 0 Å². The maximum absolute atomic E-state index is 10.6. The summed E-state index contributed by atoms with van der Waals surface area (Å²) in [6.45, 7) is 4.56. The van der Waals surface area contributed by atoms with Gasteiger partial charge in [0.25, 0.3) is 0 Å². The minimum absolute atomic E-state index is 0.0493. The van der Waals surface area contributed by atoms with Crippen molar-refractivity contribution in [2.24, 2.45) is 0 Å². The number of nitrogens with zero attached hydrogens (tertiary/aromatic N) is 4. The largest absolute Gasteiger partial charge is 0.379 e. The number of hydrogen-bond donors (Lipinski definition) is 0. The number of morpholine rings is 1. The van der Waals surface area contributed by atoms with Crippen LogP contribution in [-0.2, 0) is 11.3 Å². The summed E-state index contributed by atoms with van der Waals surface area (Å²) in [5.41, 5.74) is 0. The molecule has 0 bridgehead atoms. The molecule has 1 saturated heterocycles. The number of aromatic nitrogens is 2. The molecule has 2 rings (SSSR count). The Labute approximate surface area is 92.7 Å². The molecule has 7 nitrogen and oxygen atoms in total. The van der Waals surface area contributed by atoms with Gasteiger partial charge in [-0.1, -0.05) is 5.10 Å². The van der Waals surface area contributed by atoms with E-state index in [1.807, 2.05) is 0 Å². The molecular formula is C9H14N4O3. The first-order chi connectivity index (χ1) is 7.77. The van der Waals surface area contributed by atoms with Gasteiger partial charge in [-0.25, -0.2) is 0 Å². The van der Waals surface area contributed by atoms with E-state index in [-0.39, 0.29) is 5.82 Å². The highest BCUT2D eigenvalue weighted by molar-refractivity contribution is 5.16. The topological polar surface area (TPSA) is 73.4 Å². The van der Waals surface area contributed by atoms with Crippen molar-refractivity contribution in [3.63, 3.8) is 0 Å². The van der Waals surface area contributed by atoms with Gasteiger partial charge >= 0.3 is 5.82 Å². The van der Waals surface area contributed by atoms with Crippen molar-refractivity contribution >= 4 is 5.82 Å². The first-order valence-electron chi connectivity index (χ1n) is 5.23. The standard InChI is InChI=1S/C9H14N4O3/c14-13(15)9-1-2-10-12(9)4-3-11-5-7-16-8-6-11/h1-2H,3-8H2. The van der Waals surface area contributed by atoms with E-state index in [0.29, 0.717) is 6.54 Å². The summed E-state index contributed by atoms with van der Waals surface area (Å²) < 4.78 is 6.65. The molecule has 2 heterocycles. The summed E-state index contributed by atoms with van der Waals surface area (Å²) in [7, 11) is 0. The maximum atomic E-state index is 10.6. The molecule has 1 aromatic heterocycles. The quantitative estimate of drug-likeness (QED) is 0.538. The molecule has 0 spiro atoms. The zero-order chi connectivity index (χ0) is 11.4. The van der Waals surface area contributed by atoms with E-state index >= 15 is 0 Å². The highest BCUT2D eigenvalue weighted by Crippen LogP contribution is 2.09. The first kappa shape index (κ1) is 11.0. The number of ether oxygens (including phenoxy) is 1. The molecule has 0 aromatic carbocycles. The zero-order valence-corrected chi connectivity index (χ0v) is 8.91. The molecule has 0 saturated carbocycles. The Morgan fingerprint density at radius 1 is 1.44 bits per heavy atom. The third-order valence-corrected chi connectivity index (χ3v) is 2.61. The van der Waals surface area contributed by atoms with E-state index in [9.17, 15) is 10.1 Å². The summed E-state index contributed by atoms with van der Waals surface area (Å²) in [6.07, 6.45) is 1.46. The van der Waals surface area contributed by atoms with Crippen molar-refractivity contribution in [1.82, 2.24) is 14.7 Å². The van der Waals surface area contributed by atoms with Crippen LogP contribution in [0.4, 0.5) is 5.82 Å². The van der Waals surface area contributed by atoms with Crippen LogP contribution in [0.5, 0.6) is 0 Å². The Morgan fingerprint density at radius 2 is 2.19 bits per heavy atom. The Balaban J connectivity index is 1.88. The lowest BCUT2D eigenvalue weighted by molar-refractivity contribution is -0.392. The Morgan fingerprint density at radius 3 is 2.88 bits per heavy atom. The molecule has 0 N–H and O–H groups in total. The Kier molecular flexibility index (Phi) is 3.47. The Bertz CT molecular complexity index is 359. The van der Waals surface area contributed by atoms with Crippen LogP contribution in [0.3, 0.4) is 0 Å². The predicted octanol–water partition coefficient (Wildman–Crippen LogP) is 0.123. The van der Waals surface area contributed by atoms with E-state index in [2.05, 4.69) is 10.00 Å². The number of hydrogen-bond acceptors (Lipinski definition) is 5. The molecule has 0 aliphatic carbocycles. The van der Waals surface area contributed by atoms with Gasteiger partial charge in [-0.05, 0) is 4.92 Å². The van der Waals surface area contributed by atoms with Gasteiger partial charge in [0.1, 0.15) is 6.54 Å². The molecule has 88 valence electrons. The normalized spacial score (nSPS) is 17.5. The predicted molar refractivity (Wildman–Crippen MR) is 56.1 cm³/mol. The highest BCUT2D eigenvalue weighted by atomic mass is 16.6. The van der Waals surface area contributed by atoms with Gasteiger partial charge in [-0.15, -0.1) is 4.68 Å². The monoisotopic (exact) mass is 226 g/mol. The molecule has 7 heteroatoms. The average molecular weight is 226 g/mol. The van der Waals surface area contributed by atoms with Crippen molar-refractivity contribution < 1.29 is 9.66 Å². The molecule has 0 radical (unpaired) electrons. The van der Waals surface area contributed by atoms with Crippen molar-refractivity contribution in [1.29, 1.82) is 0 Å². The van der Waals surface area contributed by atoms with E-state index in [1.54, 1.807) is 0 Å². The van der Waals surface area contributed by atoms with E-state index < -0.39 is 4.92 Å². The highest BCUT2D eigenvalue weighted by Gasteiger charge is 2.16. The lowest BCUT2D eigenvalue weighted by Crippen LogP contribution is -2.38. The first-order valence-corrected chi connectivity index (χ1v) is 5.23. The summed E-state index contributed by atoms with van der Waals surface area (Å²) >= 11 is 0. The smallest absolute Gasteiger partial charge is 0.344 e. The van der Waals surface area contributed by atoms with E-state index in [4.69, 9.17) is 4.74 Å². The summed E-state index contributed by atoms with van der Waals surface area (Å²) in [5, 5.41) is 14.6. The fraction of sp³-hybridized carbons (Fsp3) is 0.667. The van der Waals surface area contributed by atoms with Gasteiger partial charge in [0.2, 0.25) is 0 Å². The second-order valence-electron chi connectivity index (χ2n) is 3.62. The van der Waals surface area contributed by atoms with Gasteiger partial charge in [0, 0.05) is 19.6 Å². The maximum Gasteiger partial charge on any atom is 0.344 e. The second-order valence-corrected chi connectivity index (χ2v) is 3.62. The Hall–Kier alpha value is -1.47. The van der Waals surface area contributed by atoms with Crippen molar-refractivity contribution in [3.8, 4) is 0 Å². The van der Waals surface area contributed by atoms with Gasteiger partial charge in [0.05, 0.1) is 25.5 Å². The van der Waals surface area contributed by atoms with Crippen LogP contribution < -0.4 is 0 Å². The van der Waals surface area contributed by atoms with Gasteiger partial charge in [-0.3, -0.25) is 4.90 Å². The van der Waals surface area contributed by atoms with Gasteiger partial charge in [0.15, 0.2) is 0 Å². The van der Waals surface area contributed by atoms with Crippen molar-refractivity contribution in [2.75, 3.05) is 32.8 Å². The molecule has 0 amide bonds. The van der Waals surface area contributed by atoms with Crippen LogP contribution in [0.15, 0.2) is 12.3 Å². The van der Waals surface area contributed by atoms with E-state index in [1.165, 1.54) is 16.9 Å². The molecule has 16 heavy (non-hydrogen) atoms. The van der Waals surface area contributed by atoms with Crippen molar-refractivity contribution in [3.05, 3.63) is 22.4 Å². The zero-order valence-electron chi connectivity index (χ0n) is 8.91. The fourth-order valence-electron chi connectivity index (χ4n) is 1.71. The summed E-state index contributed by atoms with van der Waals surface area (Å²) in [6, 6.07) is 1.42. The van der Waals surface area contributed by atoms with E-state index in [0.717, 1.165) is 32.8 Å². The summed E-state index contributed by atoms with van der Waals surface area (Å²) in [5.74, 6) is 0.0493. The third-order valence-electron chi connectivity index (χ3n) is 2.61. The number of rotatable bonds is 4. The molecule has 1 aliphatic rings. The van der Waals surface area contributed by atoms with Crippen LogP contribution in [0.1, 0.15) is 0 Å². The average Bonchev–Trinajstić information content (AvgIpc) is 2.76. The van der Waals surface area contributed by atoms with Crippen LogP contribution in [-0.4, -0.2) is 52.5 Å². The van der Waals surface area contributed by atoms with Gasteiger partial charge < -0.3 is 14.9 Å². The molecule has 0 unspecified atom stereocenters. The van der Waals surface area contributed by atoms with Crippen LogP contribution in [0, 0.1) is 10.1 Å². The van der Waals surface area contributed by atoms with Crippen LogP contribution >= 0.6 is 0 Å². The third kappa shape index (κ3) is 2.56. The minimum Gasteiger partial charge on any atom is -0.379 e. The fourth-order valence-corrected chi connectivity index (χ4v) is 1.71. The van der Waals surface area contributed by atoms with Gasteiger partial charge in [-0.2, -0.15) is 0 Å². The number of nitro groups is 1. The SMILES string of the molecule is O=[N+]([O-])c1ccnn1CCN1CCOCC1. The lowest BCUT2D eigenvalue weighted by atomic mass is 10.4. The second kappa shape index (κ2) is 5.04. The lowest BCUT2D eigenvalue weighted by Gasteiger charge is -2.25. The molecule has 1 aromatic rings. The molecular weight excluding hydrogens is 212 g/mol. The van der Waals surface area contributed by atoms with Crippen molar-refractivity contribution in [2.45, 2.75) is 6.54 Å². The molecule has 1 fully saturated rings. The molecule has 1 aliphatic heterocycles. The van der Waals surface area contributed by atoms with Crippen LogP contribution in [0.2, 0.25) is 0 Å². The molecule has 0 atom stereocenters.